The van der Waals surface area contributed by atoms with Gasteiger partial charge in [0.15, 0.2) is 0 Å². The maximum absolute atomic E-state index is 9.25. The molecule has 1 N–H and O–H groups in total. The van der Waals surface area contributed by atoms with Crippen molar-refractivity contribution >= 4 is 5.69 Å². The van der Waals surface area contributed by atoms with E-state index in [9.17, 15) is 5.26 Å². The zero-order valence-corrected chi connectivity index (χ0v) is 11.5. The third-order valence-electron chi connectivity index (χ3n) is 4.49. The molecular formula is C16H21N3. The normalized spacial score (nSPS) is 26.7. The number of aryl methyl sites for hydroxylation is 1. The van der Waals surface area contributed by atoms with Crippen molar-refractivity contribution in [1.82, 2.24) is 4.90 Å². The molecule has 2 fully saturated rings. The van der Waals surface area contributed by atoms with Gasteiger partial charge in [0.05, 0.1) is 11.3 Å². The molecule has 0 spiro atoms. The highest BCUT2D eigenvalue weighted by Crippen LogP contribution is 2.30. The molecule has 3 nitrogen and oxygen atoms in total. The number of nitriles is 1. The fourth-order valence-corrected chi connectivity index (χ4v) is 3.49. The predicted molar refractivity (Wildman–Crippen MR) is 77.1 cm³/mol. The van der Waals surface area contributed by atoms with Crippen molar-refractivity contribution in [3.8, 4) is 6.07 Å². The van der Waals surface area contributed by atoms with E-state index in [1.807, 2.05) is 13.0 Å². The van der Waals surface area contributed by atoms with Crippen LogP contribution in [0, 0.1) is 18.3 Å². The number of benzene rings is 1. The quantitative estimate of drug-likeness (QED) is 0.883. The Morgan fingerprint density at radius 1 is 1.26 bits per heavy atom. The van der Waals surface area contributed by atoms with Crippen LogP contribution in [0.15, 0.2) is 18.2 Å². The highest BCUT2D eigenvalue weighted by Gasteiger charge is 2.35. The van der Waals surface area contributed by atoms with Crippen molar-refractivity contribution in [3.63, 3.8) is 0 Å². The third-order valence-corrected chi connectivity index (χ3v) is 4.49. The van der Waals surface area contributed by atoms with E-state index in [0.29, 0.717) is 12.1 Å². The number of anilines is 1. The number of hydrogen-bond donors (Lipinski definition) is 1. The molecule has 1 aromatic rings. The van der Waals surface area contributed by atoms with Gasteiger partial charge in [-0.2, -0.15) is 5.26 Å². The Kier molecular flexibility index (Phi) is 3.44. The molecular weight excluding hydrogens is 234 g/mol. The second-order valence-electron chi connectivity index (χ2n) is 5.80. The zero-order valence-electron chi connectivity index (χ0n) is 11.5. The number of nitrogens with one attached hydrogen (secondary N) is 1. The van der Waals surface area contributed by atoms with Crippen molar-refractivity contribution in [2.24, 2.45) is 0 Å². The lowest BCUT2D eigenvalue weighted by molar-refractivity contribution is 0.193. The lowest BCUT2D eigenvalue weighted by Gasteiger charge is -2.33. The maximum atomic E-state index is 9.25. The average molecular weight is 255 g/mol. The molecule has 100 valence electrons. The van der Waals surface area contributed by atoms with Gasteiger partial charge in [-0.15, -0.1) is 0 Å². The zero-order chi connectivity index (χ0) is 13.2. The van der Waals surface area contributed by atoms with Crippen LogP contribution < -0.4 is 5.32 Å². The number of hydrogen-bond acceptors (Lipinski definition) is 3. The van der Waals surface area contributed by atoms with E-state index in [0.717, 1.165) is 16.8 Å². The molecule has 0 bridgehead atoms. The minimum atomic E-state index is 0.509. The predicted octanol–water partition coefficient (Wildman–Crippen LogP) is 2.91. The lowest BCUT2D eigenvalue weighted by Crippen LogP contribution is -2.41. The van der Waals surface area contributed by atoms with E-state index in [-0.39, 0.29) is 0 Å². The second-order valence-corrected chi connectivity index (χ2v) is 5.80. The minimum Gasteiger partial charge on any atom is -0.380 e. The molecule has 2 heterocycles. The Bertz CT molecular complexity index is 503. The van der Waals surface area contributed by atoms with E-state index >= 15 is 0 Å². The molecule has 2 saturated heterocycles. The van der Waals surface area contributed by atoms with Crippen molar-refractivity contribution in [1.29, 1.82) is 5.26 Å². The molecule has 2 atom stereocenters. The summed E-state index contributed by atoms with van der Waals surface area (Å²) in [4.78, 5) is 2.61. The largest absolute Gasteiger partial charge is 0.380 e. The number of piperidine rings is 1. The topological polar surface area (TPSA) is 39.1 Å². The average Bonchev–Trinajstić information content (AvgIpc) is 2.84. The van der Waals surface area contributed by atoms with Gasteiger partial charge >= 0.3 is 0 Å². The first-order chi connectivity index (χ1) is 9.28. The summed E-state index contributed by atoms with van der Waals surface area (Å²) < 4.78 is 0. The molecule has 2 aliphatic rings. The summed E-state index contributed by atoms with van der Waals surface area (Å²) in [6.45, 7) is 4.49. The van der Waals surface area contributed by atoms with Crippen LogP contribution >= 0.6 is 0 Å². The summed E-state index contributed by atoms with van der Waals surface area (Å²) in [6.07, 6.45) is 5.18. The summed E-state index contributed by atoms with van der Waals surface area (Å²) >= 11 is 0. The molecule has 19 heavy (non-hydrogen) atoms. The molecule has 0 aliphatic carbocycles. The summed E-state index contributed by atoms with van der Waals surface area (Å²) in [5.74, 6) is 0. The van der Waals surface area contributed by atoms with Crippen LogP contribution in [0.5, 0.6) is 0 Å². The summed E-state index contributed by atoms with van der Waals surface area (Å²) in [7, 11) is 0. The highest BCUT2D eigenvalue weighted by atomic mass is 15.2. The molecule has 3 rings (SSSR count). The van der Waals surface area contributed by atoms with Crippen LogP contribution in [-0.4, -0.2) is 30.1 Å². The van der Waals surface area contributed by atoms with Gasteiger partial charge in [-0.3, -0.25) is 4.90 Å². The second kappa shape index (κ2) is 5.22. The first-order valence-corrected chi connectivity index (χ1v) is 7.29. The van der Waals surface area contributed by atoms with Crippen molar-refractivity contribution in [2.45, 2.75) is 44.7 Å². The fourth-order valence-electron chi connectivity index (χ4n) is 3.49. The molecule has 0 saturated carbocycles. The van der Waals surface area contributed by atoms with Crippen molar-refractivity contribution < 1.29 is 0 Å². The maximum Gasteiger partial charge on any atom is 0.101 e. The van der Waals surface area contributed by atoms with E-state index in [4.69, 9.17) is 0 Å². The van der Waals surface area contributed by atoms with Crippen LogP contribution in [0.2, 0.25) is 0 Å². The van der Waals surface area contributed by atoms with Crippen LogP contribution in [0.1, 0.15) is 36.8 Å². The SMILES string of the molecule is Cc1ccc(NC2CCN3CCCCC23)c(C#N)c1. The van der Waals surface area contributed by atoms with Gasteiger partial charge in [0.2, 0.25) is 0 Å². The number of fused-ring (bicyclic) bond motifs is 1. The molecule has 1 aromatic carbocycles. The van der Waals surface area contributed by atoms with E-state index < -0.39 is 0 Å². The molecule has 2 unspecified atom stereocenters. The van der Waals surface area contributed by atoms with Crippen LogP contribution in [-0.2, 0) is 0 Å². The smallest absolute Gasteiger partial charge is 0.101 e. The monoisotopic (exact) mass is 255 g/mol. The minimum absolute atomic E-state index is 0.509. The molecule has 0 radical (unpaired) electrons. The Labute approximate surface area is 115 Å². The Morgan fingerprint density at radius 2 is 2.16 bits per heavy atom. The van der Waals surface area contributed by atoms with Crippen LogP contribution in [0.3, 0.4) is 0 Å². The number of rotatable bonds is 2. The van der Waals surface area contributed by atoms with Crippen molar-refractivity contribution in [3.05, 3.63) is 29.3 Å². The first-order valence-electron chi connectivity index (χ1n) is 7.29. The fraction of sp³-hybridized carbons (Fsp3) is 0.562. The molecule has 0 amide bonds. The van der Waals surface area contributed by atoms with Crippen molar-refractivity contribution in [2.75, 3.05) is 18.4 Å². The highest BCUT2D eigenvalue weighted by molar-refractivity contribution is 5.59. The van der Waals surface area contributed by atoms with Gasteiger partial charge in [-0.1, -0.05) is 12.5 Å². The third kappa shape index (κ3) is 2.46. The van der Waals surface area contributed by atoms with E-state index in [2.05, 4.69) is 28.4 Å². The van der Waals surface area contributed by atoms with Crippen LogP contribution in [0.4, 0.5) is 5.69 Å². The molecule has 3 heteroatoms. The number of nitrogens with zero attached hydrogens (tertiary/aromatic N) is 2. The van der Waals surface area contributed by atoms with Gasteiger partial charge in [0, 0.05) is 18.6 Å². The molecule has 0 aromatic heterocycles. The summed E-state index contributed by atoms with van der Waals surface area (Å²) in [5.41, 5.74) is 2.92. The Morgan fingerprint density at radius 3 is 3.00 bits per heavy atom. The Hall–Kier alpha value is -1.53. The Balaban J connectivity index is 1.77. The lowest BCUT2D eigenvalue weighted by atomic mass is 9.98. The molecule has 2 aliphatic heterocycles. The van der Waals surface area contributed by atoms with Gasteiger partial charge in [-0.05, 0) is 50.4 Å². The van der Waals surface area contributed by atoms with Gasteiger partial charge in [-0.25, -0.2) is 0 Å². The van der Waals surface area contributed by atoms with Gasteiger partial charge < -0.3 is 5.32 Å². The summed E-state index contributed by atoms with van der Waals surface area (Å²) in [6, 6.07) is 9.59. The van der Waals surface area contributed by atoms with Gasteiger partial charge in [0.1, 0.15) is 6.07 Å². The van der Waals surface area contributed by atoms with Gasteiger partial charge in [0.25, 0.3) is 0 Å². The summed E-state index contributed by atoms with van der Waals surface area (Å²) in [5, 5.41) is 12.9. The van der Waals surface area contributed by atoms with Crippen LogP contribution in [0.25, 0.3) is 0 Å². The van der Waals surface area contributed by atoms with E-state index in [1.54, 1.807) is 0 Å². The first kappa shape index (κ1) is 12.5. The van der Waals surface area contributed by atoms with E-state index in [1.165, 1.54) is 38.8 Å². The standard InChI is InChI=1S/C16H21N3/c1-12-5-6-14(13(10-12)11-17)18-15-7-9-19-8-3-2-4-16(15)19/h5-6,10,15-16,18H,2-4,7-9H2,1H3.